The van der Waals surface area contributed by atoms with Crippen LogP contribution in [-0.2, 0) is 6.54 Å². The number of nitrogens with one attached hydrogen (secondary N) is 1. The van der Waals surface area contributed by atoms with Gasteiger partial charge in [0.25, 0.3) is 0 Å². The van der Waals surface area contributed by atoms with Crippen LogP contribution in [0.3, 0.4) is 0 Å². The Hall–Kier alpha value is -0.830. The minimum atomic E-state index is 0.552. The molecule has 4 rings (SSSR count). The van der Waals surface area contributed by atoms with E-state index >= 15 is 0 Å². The van der Waals surface area contributed by atoms with E-state index in [-0.39, 0.29) is 0 Å². The number of rotatable bonds is 6. The third-order valence-corrected chi connectivity index (χ3v) is 6.16. The van der Waals surface area contributed by atoms with Crippen LogP contribution in [0.2, 0.25) is 0 Å². The maximum Gasteiger partial charge on any atom is 0.0556 e. The van der Waals surface area contributed by atoms with Gasteiger partial charge in [0.2, 0.25) is 0 Å². The fraction of sp³-hybridized carbons (Fsp3) is 0.824. The average molecular weight is 273 g/mol. The Kier molecular flexibility index (Phi) is 3.13. The molecule has 3 heteroatoms. The van der Waals surface area contributed by atoms with Gasteiger partial charge in [0.1, 0.15) is 0 Å². The maximum atomic E-state index is 4.50. The van der Waals surface area contributed by atoms with Crippen molar-refractivity contribution in [3.05, 3.63) is 18.0 Å². The van der Waals surface area contributed by atoms with Gasteiger partial charge in [-0.15, -0.1) is 0 Å². The molecule has 0 aromatic carbocycles. The molecular weight excluding hydrogens is 246 g/mol. The van der Waals surface area contributed by atoms with E-state index in [1.807, 2.05) is 6.20 Å². The summed E-state index contributed by atoms with van der Waals surface area (Å²) < 4.78 is 2.20. The monoisotopic (exact) mass is 273 g/mol. The largest absolute Gasteiger partial charge is 0.308 e. The van der Waals surface area contributed by atoms with Crippen molar-refractivity contribution in [1.29, 1.82) is 0 Å². The summed E-state index contributed by atoms with van der Waals surface area (Å²) in [7, 11) is 0. The van der Waals surface area contributed by atoms with Gasteiger partial charge in [0.05, 0.1) is 11.7 Å². The maximum absolute atomic E-state index is 4.50. The van der Waals surface area contributed by atoms with E-state index in [1.165, 1.54) is 25.0 Å². The van der Waals surface area contributed by atoms with Gasteiger partial charge in [0.15, 0.2) is 0 Å². The highest BCUT2D eigenvalue weighted by Crippen LogP contribution is 2.72. The van der Waals surface area contributed by atoms with Gasteiger partial charge in [-0.1, -0.05) is 6.92 Å². The van der Waals surface area contributed by atoms with Crippen molar-refractivity contribution < 1.29 is 0 Å². The molecule has 5 unspecified atom stereocenters. The van der Waals surface area contributed by atoms with Crippen LogP contribution in [0.25, 0.3) is 0 Å². The van der Waals surface area contributed by atoms with Crippen LogP contribution in [0, 0.1) is 29.6 Å². The predicted octanol–water partition coefficient (Wildman–Crippen LogP) is 3.24. The summed E-state index contributed by atoms with van der Waals surface area (Å²) in [6.07, 6.45) is 7.75. The zero-order chi connectivity index (χ0) is 13.7. The molecule has 1 N–H and O–H groups in total. The number of hydrogen-bond donors (Lipinski definition) is 1. The third kappa shape index (κ3) is 1.78. The number of aryl methyl sites for hydroxylation is 1. The fourth-order valence-electron chi connectivity index (χ4n) is 5.45. The third-order valence-electron chi connectivity index (χ3n) is 6.16. The zero-order valence-corrected chi connectivity index (χ0v) is 12.8. The number of aromatic nitrogens is 2. The smallest absolute Gasteiger partial charge is 0.0556 e. The summed E-state index contributed by atoms with van der Waals surface area (Å²) in [5.41, 5.74) is 1.43. The second-order valence-electron chi connectivity index (χ2n) is 7.07. The van der Waals surface area contributed by atoms with Gasteiger partial charge >= 0.3 is 0 Å². The summed E-state index contributed by atoms with van der Waals surface area (Å²) in [5.74, 6) is 5.07. The van der Waals surface area contributed by atoms with Crippen molar-refractivity contribution >= 4 is 0 Å². The molecule has 1 aromatic rings. The molecule has 0 saturated heterocycles. The van der Waals surface area contributed by atoms with E-state index in [2.05, 4.69) is 35.0 Å². The molecule has 20 heavy (non-hydrogen) atoms. The Morgan fingerprint density at radius 3 is 2.70 bits per heavy atom. The van der Waals surface area contributed by atoms with Gasteiger partial charge in [-0.25, -0.2) is 0 Å². The lowest BCUT2D eigenvalue weighted by molar-refractivity contribution is 0.353. The second-order valence-corrected chi connectivity index (χ2v) is 7.07. The molecule has 110 valence electrons. The number of hydrogen-bond acceptors (Lipinski definition) is 2. The van der Waals surface area contributed by atoms with E-state index in [1.54, 1.807) is 6.42 Å². The summed E-state index contributed by atoms with van der Waals surface area (Å²) in [6, 6.07) is 2.79. The van der Waals surface area contributed by atoms with Crippen molar-refractivity contribution in [2.24, 2.45) is 29.6 Å². The van der Waals surface area contributed by atoms with Crippen molar-refractivity contribution in [3.63, 3.8) is 0 Å². The molecule has 0 aliphatic heterocycles. The minimum Gasteiger partial charge on any atom is -0.308 e. The second kappa shape index (κ2) is 4.87. The van der Waals surface area contributed by atoms with E-state index in [9.17, 15) is 0 Å². The lowest BCUT2D eigenvalue weighted by atomic mass is 9.95. The summed E-state index contributed by atoms with van der Waals surface area (Å²) in [4.78, 5) is 0. The SMILES string of the molecule is CCCNC(c1ccnn1CC)C1C2C3CCC(C3)C21. The molecule has 0 spiro atoms. The first-order valence-corrected chi connectivity index (χ1v) is 8.60. The van der Waals surface area contributed by atoms with E-state index in [0.717, 1.165) is 42.7 Å². The quantitative estimate of drug-likeness (QED) is 0.862. The molecule has 2 bridgehead atoms. The summed E-state index contributed by atoms with van der Waals surface area (Å²) in [6.45, 7) is 6.58. The Balaban J connectivity index is 1.58. The van der Waals surface area contributed by atoms with Gasteiger partial charge in [0, 0.05) is 12.7 Å². The van der Waals surface area contributed by atoms with Gasteiger partial charge in [-0.3, -0.25) is 4.68 Å². The number of fused-ring (bicyclic) bond motifs is 5. The average Bonchev–Trinajstić information content (AvgIpc) is 2.88. The molecule has 3 nitrogen and oxygen atoms in total. The van der Waals surface area contributed by atoms with Crippen LogP contribution in [0.15, 0.2) is 12.3 Å². The first-order valence-electron chi connectivity index (χ1n) is 8.60. The minimum absolute atomic E-state index is 0.552. The van der Waals surface area contributed by atoms with Crippen molar-refractivity contribution in [3.8, 4) is 0 Å². The van der Waals surface area contributed by atoms with E-state index < -0.39 is 0 Å². The van der Waals surface area contributed by atoms with Gasteiger partial charge < -0.3 is 5.32 Å². The molecule has 5 atom stereocenters. The summed E-state index contributed by atoms with van der Waals surface area (Å²) in [5, 5.41) is 8.34. The molecule has 3 fully saturated rings. The van der Waals surface area contributed by atoms with Crippen LogP contribution >= 0.6 is 0 Å². The number of nitrogens with zero attached hydrogens (tertiary/aromatic N) is 2. The summed E-state index contributed by atoms with van der Waals surface area (Å²) >= 11 is 0. The van der Waals surface area contributed by atoms with Crippen LogP contribution in [0.1, 0.15) is 51.3 Å². The highest BCUT2D eigenvalue weighted by Gasteiger charge is 2.67. The van der Waals surface area contributed by atoms with Gasteiger partial charge in [-0.2, -0.15) is 5.10 Å². The fourth-order valence-corrected chi connectivity index (χ4v) is 5.45. The lowest BCUT2D eigenvalue weighted by Gasteiger charge is -2.23. The molecule has 1 aromatic heterocycles. The van der Waals surface area contributed by atoms with Crippen LogP contribution in [0.4, 0.5) is 0 Å². The Bertz CT molecular complexity index is 464. The predicted molar refractivity (Wildman–Crippen MR) is 80.2 cm³/mol. The molecule has 0 radical (unpaired) electrons. The highest BCUT2D eigenvalue weighted by molar-refractivity contribution is 5.21. The normalized spacial score (nSPS) is 39.0. The van der Waals surface area contributed by atoms with Crippen LogP contribution in [-0.4, -0.2) is 16.3 Å². The first-order chi connectivity index (χ1) is 9.85. The Labute approximate surface area is 122 Å². The molecule has 3 aliphatic carbocycles. The standard InChI is InChI=1S/C17H27N3/c1-3-8-18-17(13-7-9-19-20(13)4-2)16-14-11-5-6-12(10-11)15(14)16/h7,9,11-12,14-18H,3-6,8,10H2,1-2H3. The van der Waals surface area contributed by atoms with Crippen LogP contribution < -0.4 is 5.32 Å². The molecule has 3 saturated carbocycles. The zero-order valence-electron chi connectivity index (χ0n) is 12.8. The van der Waals surface area contributed by atoms with Gasteiger partial charge in [-0.05, 0) is 74.8 Å². The van der Waals surface area contributed by atoms with Crippen molar-refractivity contribution in [1.82, 2.24) is 15.1 Å². The van der Waals surface area contributed by atoms with Crippen LogP contribution in [0.5, 0.6) is 0 Å². The van der Waals surface area contributed by atoms with E-state index in [4.69, 9.17) is 0 Å². The topological polar surface area (TPSA) is 29.9 Å². The molecular formula is C17H27N3. The van der Waals surface area contributed by atoms with E-state index in [0.29, 0.717) is 6.04 Å². The Morgan fingerprint density at radius 1 is 1.30 bits per heavy atom. The lowest BCUT2D eigenvalue weighted by Crippen LogP contribution is -2.28. The first kappa shape index (κ1) is 12.9. The molecule has 1 heterocycles. The molecule has 3 aliphatic rings. The highest BCUT2D eigenvalue weighted by atomic mass is 15.3. The Morgan fingerprint density at radius 2 is 2.05 bits per heavy atom. The van der Waals surface area contributed by atoms with Crippen molar-refractivity contribution in [2.45, 2.75) is 52.1 Å². The molecule has 0 amide bonds. The van der Waals surface area contributed by atoms with Crippen molar-refractivity contribution in [2.75, 3.05) is 6.54 Å².